The number of nitrogens with two attached hydrogens (primary N) is 1. The van der Waals surface area contributed by atoms with Gasteiger partial charge >= 0.3 is 0 Å². The van der Waals surface area contributed by atoms with E-state index in [2.05, 4.69) is 28.2 Å². The van der Waals surface area contributed by atoms with E-state index in [1.807, 2.05) is 31.7 Å². The maximum Gasteiger partial charge on any atom is 0.260 e. The third-order valence-electron chi connectivity index (χ3n) is 3.90. The summed E-state index contributed by atoms with van der Waals surface area (Å²) in [6.45, 7) is 5.08. The van der Waals surface area contributed by atoms with Crippen LogP contribution >= 0.6 is 11.8 Å². The fourth-order valence-corrected chi connectivity index (χ4v) is 3.80. The van der Waals surface area contributed by atoms with E-state index in [1.165, 1.54) is 0 Å². The van der Waals surface area contributed by atoms with Crippen molar-refractivity contribution in [3.8, 4) is 11.5 Å². The van der Waals surface area contributed by atoms with Crippen LogP contribution in [0.2, 0.25) is 0 Å². The summed E-state index contributed by atoms with van der Waals surface area (Å²) >= 11 is 1.93. The summed E-state index contributed by atoms with van der Waals surface area (Å²) in [4.78, 5) is 6.86. The molecule has 112 valence electrons. The Hall–Kier alpha value is -1.53. The third kappa shape index (κ3) is 2.78. The summed E-state index contributed by atoms with van der Waals surface area (Å²) in [5.74, 6) is 3.41. The van der Waals surface area contributed by atoms with Gasteiger partial charge in [-0.1, -0.05) is 11.2 Å². The average molecular weight is 304 g/mol. The van der Waals surface area contributed by atoms with Crippen molar-refractivity contribution in [2.24, 2.45) is 0 Å². The molecular formula is C15H20N4OS. The van der Waals surface area contributed by atoms with Crippen molar-refractivity contribution in [1.82, 2.24) is 15.0 Å². The SMILES string of the molecule is Cc1cc(C)c(N)c(-c2nc(C3CSCCN3C)no2)c1. The summed E-state index contributed by atoms with van der Waals surface area (Å²) in [5, 5.41) is 4.17. The Balaban J connectivity index is 1.95. The van der Waals surface area contributed by atoms with E-state index in [4.69, 9.17) is 10.3 Å². The number of rotatable bonds is 2. The number of hydrogen-bond donors (Lipinski definition) is 1. The van der Waals surface area contributed by atoms with Crippen LogP contribution in [0.3, 0.4) is 0 Å². The molecule has 0 aliphatic carbocycles. The maximum atomic E-state index is 6.16. The standard InChI is InChI=1S/C15H20N4OS/c1-9-6-10(2)13(16)11(7-9)15-17-14(18-20-15)12-8-21-5-4-19(12)3/h6-7,12H,4-5,8,16H2,1-3H3. The van der Waals surface area contributed by atoms with Crippen molar-refractivity contribution in [3.63, 3.8) is 0 Å². The fraction of sp³-hybridized carbons (Fsp3) is 0.467. The molecule has 2 heterocycles. The molecule has 0 amide bonds. The molecule has 3 rings (SSSR count). The number of aryl methyl sites for hydroxylation is 2. The molecule has 1 aromatic heterocycles. The van der Waals surface area contributed by atoms with E-state index in [1.54, 1.807) is 0 Å². The van der Waals surface area contributed by atoms with E-state index in [9.17, 15) is 0 Å². The van der Waals surface area contributed by atoms with Gasteiger partial charge in [-0.2, -0.15) is 16.7 Å². The summed E-state index contributed by atoms with van der Waals surface area (Å²) in [6.07, 6.45) is 0. The number of thioether (sulfide) groups is 1. The molecule has 0 radical (unpaired) electrons. The molecule has 1 fully saturated rings. The van der Waals surface area contributed by atoms with E-state index in [0.29, 0.717) is 11.6 Å². The lowest BCUT2D eigenvalue weighted by atomic mass is 10.0. The molecule has 0 spiro atoms. The van der Waals surface area contributed by atoms with E-state index >= 15 is 0 Å². The zero-order chi connectivity index (χ0) is 15.0. The fourth-order valence-electron chi connectivity index (χ4n) is 2.59. The summed E-state index contributed by atoms with van der Waals surface area (Å²) < 4.78 is 5.47. The van der Waals surface area contributed by atoms with Gasteiger partial charge in [0.25, 0.3) is 5.89 Å². The third-order valence-corrected chi connectivity index (χ3v) is 4.92. The minimum Gasteiger partial charge on any atom is -0.398 e. The number of benzene rings is 1. The molecule has 1 aliphatic heterocycles. The summed E-state index contributed by atoms with van der Waals surface area (Å²) in [6, 6.07) is 4.27. The first-order chi connectivity index (χ1) is 10.1. The predicted molar refractivity (Wildman–Crippen MR) is 86.3 cm³/mol. The number of anilines is 1. The van der Waals surface area contributed by atoms with Crippen LogP contribution in [-0.4, -0.2) is 40.1 Å². The molecule has 2 aromatic rings. The Labute approximate surface area is 128 Å². The molecule has 5 nitrogen and oxygen atoms in total. The van der Waals surface area contributed by atoms with Gasteiger partial charge in [0.15, 0.2) is 5.82 Å². The second kappa shape index (κ2) is 5.69. The quantitative estimate of drug-likeness (QED) is 0.860. The monoisotopic (exact) mass is 304 g/mol. The first-order valence-electron chi connectivity index (χ1n) is 7.05. The molecule has 21 heavy (non-hydrogen) atoms. The lowest BCUT2D eigenvalue weighted by Crippen LogP contribution is -2.33. The van der Waals surface area contributed by atoms with Crippen molar-refractivity contribution < 1.29 is 4.52 Å². The van der Waals surface area contributed by atoms with Crippen molar-refractivity contribution in [1.29, 1.82) is 0 Å². The van der Waals surface area contributed by atoms with Crippen LogP contribution in [0.1, 0.15) is 23.0 Å². The van der Waals surface area contributed by atoms with Crippen molar-refractivity contribution in [2.75, 3.05) is 30.8 Å². The second-order valence-electron chi connectivity index (χ2n) is 5.57. The normalized spacial score (nSPS) is 19.9. The molecule has 0 saturated carbocycles. The zero-order valence-electron chi connectivity index (χ0n) is 12.6. The topological polar surface area (TPSA) is 68.2 Å². The van der Waals surface area contributed by atoms with Crippen LogP contribution in [0, 0.1) is 13.8 Å². The zero-order valence-corrected chi connectivity index (χ0v) is 13.4. The van der Waals surface area contributed by atoms with E-state index < -0.39 is 0 Å². The molecule has 0 bridgehead atoms. The average Bonchev–Trinajstić information content (AvgIpc) is 2.92. The lowest BCUT2D eigenvalue weighted by Gasteiger charge is -2.29. The van der Waals surface area contributed by atoms with Gasteiger partial charge < -0.3 is 10.3 Å². The molecule has 6 heteroatoms. The Morgan fingerprint density at radius 1 is 1.38 bits per heavy atom. The van der Waals surface area contributed by atoms with Gasteiger partial charge in [-0.15, -0.1) is 0 Å². The van der Waals surface area contributed by atoms with Crippen molar-refractivity contribution in [2.45, 2.75) is 19.9 Å². The van der Waals surface area contributed by atoms with Crippen LogP contribution in [0.15, 0.2) is 16.7 Å². The number of hydrogen-bond acceptors (Lipinski definition) is 6. The Morgan fingerprint density at radius 2 is 2.19 bits per heavy atom. The van der Waals surface area contributed by atoms with Gasteiger partial charge in [0.1, 0.15) is 0 Å². The minimum atomic E-state index is 0.216. The highest BCUT2D eigenvalue weighted by Crippen LogP contribution is 2.31. The highest BCUT2D eigenvalue weighted by Gasteiger charge is 2.26. The highest BCUT2D eigenvalue weighted by molar-refractivity contribution is 7.99. The van der Waals surface area contributed by atoms with Gasteiger partial charge in [-0.25, -0.2) is 0 Å². The Kier molecular flexibility index (Phi) is 3.91. The van der Waals surface area contributed by atoms with Crippen LogP contribution in [0.4, 0.5) is 5.69 Å². The van der Waals surface area contributed by atoms with Crippen LogP contribution < -0.4 is 5.73 Å². The predicted octanol–water partition coefficient (Wildman–Crippen LogP) is 2.66. The smallest absolute Gasteiger partial charge is 0.260 e. The number of aromatic nitrogens is 2. The van der Waals surface area contributed by atoms with Gasteiger partial charge in [0, 0.05) is 23.7 Å². The molecular weight excluding hydrogens is 284 g/mol. The maximum absolute atomic E-state index is 6.16. The first kappa shape index (κ1) is 14.4. The van der Waals surface area contributed by atoms with Gasteiger partial charge in [0.2, 0.25) is 0 Å². The largest absolute Gasteiger partial charge is 0.398 e. The van der Waals surface area contributed by atoms with Crippen molar-refractivity contribution in [3.05, 3.63) is 29.1 Å². The Bertz CT molecular complexity index is 655. The van der Waals surface area contributed by atoms with Gasteiger partial charge in [-0.3, -0.25) is 4.90 Å². The second-order valence-corrected chi connectivity index (χ2v) is 6.72. The highest BCUT2D eigenvalue weighted by atomic mass is 32.2. The van der Waals surface area contributed by atoms with Crippen LogP contribution in [0.5, 0.6) is 0 Å². The summed E-state index contributed by atoms with van der Waals surface area (Å²) in [5.41, 5.74) is 9.88. The van der Waals surface area contributed by atoms with Crippen LogP contribution in [-0.2, 0) is 0 Å². The van der Waals surface area contributed by atoms with Gasteiger partial charge in [-0.05, 0) is 38.1 Å². The molecule has 1 saturated heterocycles. The number of nitrogen functional groups attached to an aromatic ring is 1. The summed E-state index contributed by atoms with van der Waals surface area (Å²) in [7, 11) is 2.10. The van der Waals surface area contributed by atoms with Crippen LogP contribution in [0.25, 0.3) is 11.5 Å². The lowest BCUT2D eigenvalue weighted by molar-refractivity contribution is 0.257. The van der Waals surface area contributed by atoms with Crippen molar-refractivity contribution >= 4 is 17.4 Å². The molecule has 2 N–H and O–H groups in total. The molecule has 1 unspecified atom stereocenters. The minimum absolute atomic E-state index is 0.216. The van der Waals surface area contributed by atoms with E-state index in [-0.39, 0.29) is 6.04 Å². The molecule has 1 aromatic carbocycles. The molecule has 1 aliphatic rings. The van der Waals surface area contributed by atoms with Gasteiger partial charge in [0.05, 0.1) is 11.6 Å². The number of nitrogens with zero attached hydrogens (tertiary/aromatic N) is 3. The Morgan fingerprint density at radius 3 is 2.95 bits per heavy atom. The molecule has 1 atom stereocenters. The first-order valence-corrected chi connectivity index (χ1v) is 8.20. The van der Waals surface area contributed by atoms with E-state index in [0.717, 1.165) is 40.6 Å².